The molecule has 13 heavy (non-hydrogen) atoms. The number of benzene rings is 1. The molecule has 1 rings (SSSR count). The van der Waals surface area contributed by atoms with Crippen LogP contribution in [0.1, 0.15) is 10.4 Å². The van der Waals surface area contributed by atoms with Crippen molar-refractivity contribution in [2.24, 2.45) is 5.73 Å². The topological polar surface area (TPSA) is 43.1 Å². The lowest BCUT2D eigenvalue weighted by atomic mass is 10.1. The molecule has 0 atom stereocenters. The third-order valence-electron chi connectivity index (χ3n) is 1.49. The maximum Gasteiger partial charge on any atom is 0.176 e. The summed E-state index contributed by atoms with van der Waals surface area (Å²) in [6.07, 6.45) is 0. The Morgan fingerprint density at radius 1 is 1.38 bits per heavy atom. The summed E-state index contributed by atoms with van der Waals surface area (Å²) in [5.41, 5.74) is 4.98. The molecular weight excluding hydrogens is 244 g/mol. The number of carbonyl (C=O) groups is 1. The van der Waals surface area contributed by atoms with Gasteiger partial charge in [0.15, 0.2) is 5.78 Å². The highest BCUT2D eigenvalue weighted by Crippen LogP contribution is 2.21. The van der Waals surface area contributed by atoms with Crippen LogP contribution in [0.25, 0.3) is 0 Å². The van der Waals surface area contributed by atoms with E-state index in [0.717, 1.165) is 12.1 Å². The van der Waals surface area contributed by atoms with Crippen LogP contribution < -0.4 is 5.73 Å². The lowest BCUT2D eigenvalue weighted by molar-refractivity contribution is 0.100. The molecule has 1 aromatic rings. The van der Waals surface area contributed by atoms with Gasteiger partial charge in [-0.3, -0.25) is 4.79 Å². The van der Waals surface area contributed by atoms with E-state index in [-0.39, 0.29) is 16.6 Å². The molecular formula is C8H6BrF2NO. The Hall–Kier alpha value is -0.810. The van der Waals surface area contributed by atoms with Crippen LogP contribution in [0.3, 0.4) is 0 Å². The molecule has 0 aliphatic rings. The van der Waals surface area contributed by atoms with Crippen molar-refractivity contribution in [3.63, 3.8) is 0 Å². The van der Waals surface area contributed by atoms with E-state index in [0.29, 0.717) is 0 Å². The summed E-state index contributed by atoms with van der Waals surface area (Å²) in [5.74, 6) is -2.11. The Labute approximate surface area is 81.9 Å². The van der Waals surface area contributed by atoms with Crippen molar-refractivity contribution in [1.29, 1.82) is 0 Å². The van der Waals surface area contributed by atoms with Crippen LogP contribution in [-0.4, -0.2) is 12.3 Å². The monoisotopic (exact) mass is 249 g/mol. The molecule has 2 N–H and O–H groups in total. The van der Waals surface area contributed by atoms with Crippen LogP contribution in [0.4, 0.5) is 8.78 Å². The van der Waals surface area contributed by atoms with Gasteiger partial charge in [-0.05, 0) is 28.1 Å². The minimum Gasteiger partial charge on any atom is -0.324 e. The number of hydrogen-bond acceptors (Lipinski definition) is 2. The van der Waals surface area contributed by atoms with E-state index in [9.17, 15) is 13.6 Å². The Kier molecular flexibility index (Phi) is 3.11. The molecule has 2 nitrogen and oxygen atoms in total. The van der Waals surface area contributed by atoms with E-state index < -0.39 is 17.4 Å². The van der Waals surface area contributed by atoms with Gasteiger partial charge in [-0.25, -0.2) is 8.78 Å². The van der Waals surface area contributed by atoms with Gasteiger partial charge in [0.2, 0.25) is 0 Å². The first-order valence-electron chi connectivity index (χ1n) is 3.44. The molecule has 0 radical (unpaired) electrons. The summed E-state index contributed by atoms with van der Waals surface area (Å²) in [6, 6.07) is 1.89. The zero-order valence-corrected chi connectivity index (χ0v) is 8.07. The largest absolute Gasteiger partial charge is 0.324 e. The highest BCUT2D eigenvalue weighted by atomic mass is 79.9. The van der Waals surface area contributed by atoms with E-state index in [1.54, 1.807) is 0 Å². The summed E-state index contributed by atoms with van der Waals surface area (Å²) in [6.45, 7) is -0.263. The fraction of sp³-hybridized carbons (Fsp3) is 0.125. The molecule has 0 saturated heterocycles. The molecule has 0 amide bonds. The molecule has 1 aromatic carbocycles. The first-order chi connectivity index (χ1) is 6.06. The number of halogens is 3. The van der Waals surface area contributed by atoms with Gasteiger partial charge < -0.3 is 5.73 Å². The molecule has 0 heterocycles. The van der Waals surface area contributed by atoms with Gasteiger partial charge in [0.1, 0.15) is 11.6 Å². The Bertz CT molecular complexity index is 331. The Balaban J connectivity index is 3.20. The molecule has 5 heteroatoms. The van der Waals surface area contributed by atoms with Gasteiger partial charge in [-0.2, -0.15) is 0 Å². The predicted octanol–water partition coefficient (Wildman–Crippen LogP) is 1.87. The second-order valence-corrected chi connectivity index (χ2v) is 3.17. The average molecular weight is 250 g/mol. The number of carbonyl (C=O) groups excluding carboxylic acids is 1. The summed E-state index contributed by atoms with van der Waals surface area (Å²) in [5, 5.41) is 0. The summed E-state index contributed by atoms with van der Waals surface area (Å²) >= 11 is 2.69. The van der Waals surface area contributed by atoms with Crippen molar-refractivity contribution in [3.05, 3.63) is 33.8 Å². The van der Waals surface area contributed by atoms with Crippen molar-refractivity contribution in [1.82, 2.24) is 0 Å². The molecule has 0 aliphatic heterocycles. The number of ketones is 1. The quantitative estimate of drug-likeness (QED) is 0.643. The SMILES string of the molecule is NCC(=O)c1cc(F)c(Br)c(F)c1. The van der Waals surface area contributed by atoms with Gasteiger partial charge >= 0.3 is 0 Å². The van der Waals surface area contributed by atoms with Crippen LogP contribution in [0, 0.1) is 11.6 Å². The van der Waals surface area contributed by atoms with Gasteiger partial charge in [0, 0.05) is 5.56 Å². The lowest BCUT2D eigenvalue weighted by Gasteiger charge is -2.01. The normalized spacial score (nSPS) is 10.2. The second-order valence-electron chi connectivity index (χ2n) is 2.38. The maximum absolute atomic E-state index is 12.9. The van der Waals surface area contributed by atoms with Crippen molar-refractivity contribution >= 4 is 21.7 Å². The zero-order chi connectivity index (χ0) is 10.0. The lowest BCUT2D eigenvalue weighted by Crippen LogP contribution is -2.14. The van der Waals surface area contributed by atoms with Crippen molar-refractivity contribution in [2.45, 2.75) is 0 Å². The van der Waals surface area contributed by atoms with E-state index in [1.807, 2.05) is 0 Å². The van der Waals surface area contributed by atoms with Crippen LogP contribution in [0.5, 0.6) is 0 Å². The standard InChI is InChI=1S/C8H6BrF2NO/c9-8-5(10)1-4(2-6(8)11)7(13)3-12/h1-2H,3,12H2. The molecule has 70 valence electrons. The highest BCUT2D eigenvalue weighted by Gasteiger charge is 2.11. The van der Waals surface area contributed by atoms with E-state index >= 15 is 0 Å². The minimum absolute atomic E-state index is 0.0549. The van der Waals surface area contributed by atoms with Crippen LogP contribution in [-0.2, 0) is 0 Å². The summed E-state index contributed by atoms with van der Waals surface area (Å²) in [4.78, 5) is 11.0. The van der Waals surface area contributed by atoms with E-state index in [2.05, 4.69) is 15.9 Å². The molecule has 0 spiro atoms. The minimum atomic E-state index is -0.809. The smallest absolute Gasteiger partial charge is 0.176 e. The fourth-order valence-electron chi connectivity index (χ4n) is 0.834. The molecule has 0 aromatic heterocycles. The van der Waals surface area contributed by atoms with E-state index in [1.165, 1.54) is 0 Å². The number of hydrogen-bond donors (Lipinski definition) is 1. The molecule has 0 saturated carbocycles. The zero-order valence-electron chi connectivity index (χ0n) is 6.48. The predicted molar refractivity (Wildman–Crippen MR) is 47.4 cm³/mol. The molecule has 0 aliphatic carbocycles. The van der Waals surface area contributed by atoms with Crippen molar-refractivity contribution in [2.75, 3.05) is 6.54 Å². The van der Waals surface area contributed by atoms with Crippen LogP contribution in [0.15, 0.2) is 16.6 Å². The van der Waals surface area contributed by atoms with Gasteiger partial charge in [0.05, 0.1) is 11.0 Å². The maximum atomic E-state index is 12.9. The number of rotatable bonds is 2. The number of Topliss-reactive ketones (excluding diaryl/α,β-unsaturated/α-hetero) is 1. The first kappa shape index (κ1) is 10.3. The second kappa shape index (κ2) is 3.93. The molecule has 0 unspecified atom stereocenters. The molecule has 0 fully saturated rings. The highest BCUT2D eigenvalue weighted by molar-refractivity contribution is 9.10. The summed E-state index contributed by atoms with van der Waals surface area (Å²) in [7, 11) is 0. The Morgan fingerprint density at radius 3 is 2.23 bits per heavy atom. The van der Waals surface area contributed by atoms with Crippen molar-refractivity contribution < 1.29 is 13.6 Å². The Morgan fingerprint density at radius 2 is 1.85 bits per heavy atom. The summed E-state index contributed by atoms with van der Waals surface area (Å²) < 4.78 is 25.4. The first-order valence-corrected chi connectivity index (χ1v) is 4.23. The fourth-order valence-corrected chi connectivity index (χ4v) is 1.06. The third-order valence-corrected chi connectivity index (χ3v) is 2.25. The van der Waals surface area contributed by atoms with Crippen LogP contribution in [0.2, 0.25) is 0 Å². The third kappa shape index (κ3) is 2.10. The van der Waals surface area contributed by atoms with Gasteiger partial charge in [-0.1, -0.05) is 0 Å². The van der Waals surface area contributed by atoms with Gasteiger partial charge in [0.25, 0.3) is 0 Å². The van der Waals surface area contributed by atoms with Gasteiger partial charge in [-0.15, -0.1) is 0 Å². The van der Waals surface area contributed by atoms with Crippen LogP contribution >= 0.6 is 15.9 Å². The van der Waals surface area contributed by atoms with E-state index in [4.69, 9.17) is 5.73 Å². The molecule has 0 bridgehead atoms. The van der Waals surface area contributed by atoms with Crippen molar-refractivity contribution in [3.8, 4) is 0 Å². The average Bonchev–Trinajstić information content (AvgIpc) is 2.12. The number of nitrogens with two attached hydrogens (primary N) is 1.